The van der Waals surface area contributed by atoms with Crippen molar-refractivity contribution in [2.75, 3.05) is 0 Å². The second-order valence-electron chi connectivity index (χ2n) is 5.33. The molecule has 1 unspecified atom stereocenters. The summed E-state index contributed by atoms with van der Waals surface area (Å²) < 4.78 is 1.92. The summed E-state index contributed by atoms with van der Waals surface area (Å²) in [6, 6.07) is 0. The molecule has 0 spiro atoms. The van der Waals surface area contributed by atoms with Gasteiger partial charge in [0.15, 0.2) is 0 Å². The van der Waals surface area contributed by atoms with E-state index in [1.165, 1.54) is 19.3 Å². The highest BCUT2D eigenvalue weighted by molar-refractivity contribution is 6.31. The number of aromatic nitrogens is 2. The summed E-state index contributed by atoms with van der Waals surface area (Å²) in [5.41, 5.74) is 1.86. The van der Waals surface area contributed by atoms with Crippen molar-refractivity contribution < 1.29 is 5.11 Å². The SMILES string of the molecule is CCn1nc(C)c(Cl)c1CC(O)C1CCCCC1. The number of halogens is 1. The first-order valence-corrected chi connectivity index (χ1v) is 7.41. The minimum absolute atomic E-state index is 0.274. The molecule has 0 bridgehead atoms. The molecule has 0 saturated heterocycles. The standard InChI is InChI=1S/C14H23ClN2O/c1-3-17-12(14(15)10(2)16-17)9-13(18)11-7-5-4-6-8-11/h11,13,18H,3-9H2,1-2H3. The minimum atomic E-state index is -0.274. The molecule has 2 rings (SSSR count). The third-order valence-electron chi connectivity index (χ3n) is 4.05. The Morgan fingerprint density at radius 1 is 1.39 bits per heavy atom. The molecule has 0 aromatic carbocycles. The van der Waals surface area contributed by atoms with E-state index >= 15 is 0 Å². The van der Waals surface area contributed by atoms with Gasteiger partial charge in [0.1, 0.15) is 0 Å². The van der Waals surface area contributed by atoms with Gasteiger partial charge >= 0.3 is 0 Å². The molecule has 1 fully saturated rings. The van der Waals surface area contributed by atoms with Crippen molar-refractivity contribution in [1.29, 1.82) is 0 Å². The second-order valence-corrected chi connectivity index (χ2v) is 5.71. The second kappa shape index (κ2) is 6.07. The summed E-state index contributed by atoms with van der Waals surface area (Å²) >= 11 is 6.28. The molecule has 1 aliphatic rings. The Morgan fingerprint density at radius 2 is 2.06 bits per heavy atom. The van der Waals surface area contributed by atoms with Gasteiger partial charge in [-0.3, -0.25) is 4.68 Å². The average molecular weight is 271 g/mol. The topological polar surface area (TPSA) is 38.0 Å². The lowest BCUT2D eigenvalue weighted by Crippen LogP contribution is -2.26. The van der Waals surface area contributed by atoms with E-state index in [9.17, 15) is 5.11 Å². The molecule has 1 aliphatic carbocycles. The van der Waals surface area contributed by atoms with E-state index in [0.717, 1.165) is 35.8 Å². The quantitative estimate of drug-likeness (QED) is 0.911. The summed E-state index contributed by atoms with van der Waals surface area (Å²) in [5.74, 6) is 0.440. The number of aliphatic hydroxyl groups excluding tert-OH is 1. The van der Waals surface area contributed by atoms with E-state index in [1.807, 2.05) is 11.6 Å². The van der Waals surface area contributed by atoms with Gasteiger partial charge in [-0.05, 0) is 32.6 Å². The molecule has 1 aromatic rings. The van der Waals surface area contributed by atoms with Crippen LogP contribution in [-0.2, 0) is 13.0 Å². The van der Waals surface area contributed by atoms with Crippen LogP contribution >= 0.6 is 11.6 Å². The molecule has 0 amide bonds. The van der Waals surface area contributed by atoms with E-state index in [4.69, 9.17) is 11.6 Å². The van der Waals surface area contributed by atoms with Crippen LogP contribution < -0.4 is 0 Å². The molecular formula is C14H23ClN2O. The molecule has 18 heavy (non-hydrogen) atoms. The number of nitrogens with zero attached hydrogens (tertiary/aromatic N) is 2. The van der Waals surface area contributed by atoms with Crippen LogP contribution in [0.3, 0.4) is 0 Å². The molecule has 102 valence electrons. The Bertz CT molecular complexity index is 397. The summed E-state index contributed by atoms with van der Waals surface area (Å²) in [7, 11) is 0. The van der Waals surface area contributed by atoms with Crippen molar-refractivity contribution >= 4 is 11.6 Å². The monoisotopic (exact) mass is 270 g/mol. The molecule has 1 atom stereocenters. The number of aryl methyl sites for hydroxylation is 2. The summed E-state index contributed by atoms with van der Waals surface area (Å²) in [4.78, 5) is 0. The lowest BCUT2D eigenvalue weighted by Gasteiger charge is -2.26. The number of hydrogen-bond acceptors (Lipinski definition) is 2. The summed E-state index contributed by atoms with van der Waals surface area (Å²) in [5, 5.41) is 15.5. The van der Waals surface area contributed by atoms with Crippen molar-refractivity contribution in [2.45, 2.75) is 65.0 Å². The van der Waals surface area contributed by atoms with Crippen LogP contribution in [0.1, 0.15) is 50.4 Å². The van der Waals surface area contributed by atoms with Crippen LogP contribution in [0.25, 0.3) is 0 Å². The lowest BCUT2D eigenvalue weighted by atomic mass is 9.84. The maximum atomic E-state index is 10.4. The molecule has 1 heterocycles. The Kier molecular flexibility index (Phi) is 4.68. The normalized spacial score (nSPS) is 19.1. The van der Waals surface area contributed by atoms with Gasteiger partial charge in [-0.2, -0.15) is 5.10 Å². The van der Waals surface area contributed by atoms with Gasteiger partial charge in [0.2, 0.25) is 0 Å². The minimum Gasteiger partial charge on any atom is -0.392 e. The van der Waals surface area contributed by atoms with Gasteiger partial charge in [-0.25, -0.2) is 0 Å². The first-order chi connectivity index (χ1) is 8.63. The fraction of sp³-hybridized carbons (Fsp3) is 0.786. The average Bonchev–Trinajstić information content (AvgIpc) is 2.67. The van der Waals surface area contributed by atoms with Crippen LogP contribution in [-0.4, -0.2) is 21.0 Å². The van der Waals surface area contributed by atoms with Crippen LogP contribution in [0, 0.1) is 12.8 Å². The summed E-state index contributed by atoms with van der Waals surface area (Å²) in [6.45, 7) is 4.78. The molecule has 0 aliphatic heterocycles. The zero-order chi connectivity index (χ0) is 13.1. The molecule has 0 radical (unpaired) electrons. The van der Waals surface area contributed by atoms with Gasteiger partial charge in [-0.1, -0.05) is 30.9 Å². The van der Waals surface area contributed by atoms with Crippen molar-refractivity contribution in [1.82, 2.24) is 9.78 Å². The third-order valence-corrected chi connectivity index (χ3v) is 4.54. The van der Waals surface area contributed by atoms with Crippen LogP contribution in [0.15, 0.2) is 0 Å². The molecule has 3 nitrogen and oxygen atoms in total. The molecule has 4 heteroatoms. The smallest absolute Gasteiger partial charge is 0.0848 e. The van der Waals surface area contributed by atoms with Crippen molar-refractivity contribution in [2.24, 2.45) is 5.92 Å². The van der Waals surface area contributed by atoms with E-state index in [-0.39, 0.29) is 6.10 Å². The number of hydrogen-bond donors (Lipinski definition) is 1. The number of aliphatic hydroxyl groups is 1. The van der Waals surface area contributed by atoms with Gasteiger partial charge in [-0.15, -0.1) is 0 Å². The van der Waals surface area contributed by atoms with Gasteiger partial charge in [0.05, 0.1) is 22.5 Å². The largest absolute Gasteiger partial charge is 0.392 e. The van der Waals surface area contributed by atoms with Crippen molar-refractivity contribution in [3.63, 3.8) is 0 Å². The first kappa shape index (κ1) is 13.9. The van der Waals surface area contributed by atoms with Gasteiger partial charge in [0, 0.05) is 13.0 Å². The Labute approximate surface area is 114 Å². The highest BCUT2D eigenvalue weighted by Crippen LogP contribution is 2.30. The fourth-order valence-corrected chi connectivity index (χ4v) is 3.16. The first-order valence-electron chi connectivity index (χ1n) is 7.03. The summed E-state index contributed by atoms with van der Waals surface area (Å²) in [6.07, 6.45) is 6.48. The van der Waals surface area contributed by atoms with Crippen LogP contribution in [0.4, 0.5) is 0 Å². The molecule has 1 saturated carbocycles. The zero-order valence-corrected chi connectivity index (χ0v) is 12.1. The fourth-order valence-electron chi connectivity index (χ4n) is 2.95. The molecular weight excluding hydrogens is 248 g/mol. The zero-order valence-electron chi connectivity index (χ0n) is 11.3. The Hall–Kier alpha value is -0.540. The Balaban J connectivity index is 2.08. The Morgan fingerprint density at radius 3 is 2.67 bits per heavy atom. The lowest BCUT2D eigenvalue weighted by molar-refractivity contribution is 0.0833. The van der Waals surface area contributed by atoms with E-state index in [1.54, 1.807) is 0 Å². The molecule has 1 aromatic heterocycles. The third kappa shape index (κ3) is 2.89. The maximum absolute atomic E-state index is 10.4. The van der Waals surface area contributed by atoms with Crippen molar-refractivity contribution in [3.05, 3.63) is 16.4 Å². The molecule has 1 N–H and O–H groups in total. The van der Waals surface area contributed by atoms with Gasteiger partial charge < -0.3 is 5.11 Å². The van der Waals surface area contributed by atoms with E-state index in [0.29, 0.717) is 12.3 Å². The van der Waals surface area contributed by atoms with E-state index < -0.39 is 0 Å². The van der Waals surface area contributed by atoms with E-state index in [2.05, 4.69) is 12.0 Å². The van der Waals surface area contributed by atoms with Crippen LogP contribution in [0.5, 0.6) is 0 Å². The predicted molar refractivity (Wildman–Crippen MR) is 73.9 cm³/mol. The van der Waals surface area contributed by atoms with Gasteiger partial charge in [0.25, 0.3) is 0 Å². The maximum Gasteiger partial charge on any atom is 0.0848 e. The highest BCUT2D eigenvalue weighted by atomic mass is 35.5. The predicted octanol–water partition coefficient (Wildman–Crippen LogP) is 3.35. The number of rotatable bonds is 4. The highest BCUT2D eigenvalue weighted by Gasteiger charge is 2.24. The van der Waals surface area contributed by atoms with Crippen LogP contribution in [0.2, 0.25) is 5.02 Å². The van der Waals surface area contributed by atoms with Crippen molar-refractivity contribution in [3.8, 4) is 0 Å².